The summed E-state index contributed by atoms with van der Waals surface area (Å²) < 4.78 is 0. The summed E-state index contributed by atoms with van der Waals surface area (Å²) in [5, 5.41) is 0. The second-order valence-electron chi connectivity index (χ2n) is 4.11. The van der Waals surface area contributed by atoms with E-state index in [-0.39, 0.29) is 0 Å². The minimum absolute atomic E-state index is 0.759. The molecule has 0 fully saturated rings. The molecule has 0 saturated carbocycles. The molecule has 1 atom stereocenters. The molecule has 1 unspecified atom stereocenters. The predicted molar refractivity (Wildman–Crippen MR) is 56.9 cm³/mol. The van der Waals surface area contributed by atoms with E-state index in [1.165, 1.54) is 25.0 Å². The number of allylic oxidation sites excluding steroid dienone is 4. The summed E-state index contributed by atoms with van der Waals surface area (Å²) in [6.45, 7) is 2.25. The van der Waals surface area contributed by atoms with E-state index in [0.29, 0.717) is 0 Å². The Bertz CT molecular complexity index is 271. The third-order valence-corrected chi connectivity index (χ3v) is 2.85. The Hall–Kier alpha value is -0.850. The van der Waals surface area contributed by atoms with Crippen LogP contribution in [0.2, 0.25) is 0 Å². The van der Waals surface area contributed by atoms with Crippen molar-refractivity contribution in [2.24, 2.45) is 10.9 Å². The fraction of sp³-hybridized carbons (Fsp3) is 0.583. The van der Waals surface area contributed by atoms with Gasteiger partial charge in [-0.15, -0.1) is 0 Å². The molecule has 0 spiro atoms. The van der Waals surface area contributed by atoms with Crippen molar-refractivity contribution >= 4 is 6.21 Å². The van der Waals surface area contributed by atoms with Gasteiger partial charge in [0.15, 0.2) is 0 Å². The van der Waals surface area contributed by atoms with E-state index in [2.05, 4.69) is 24.1 Å². The molecule has 0 aromatic heterocycles. The Morgan fingerprint density at radius 3 is 3.15 bits per heavy atom. The Labute approximate surface area is 80.3 Å². The molecule has 0 N–H and O–H groups in total. The quantitative estimate of drug-likeness (QED) is 0.570. The van der Waals surface area contributed by atoms with Gasteiger partial charge in [0.2, 0.25) is 0 Å². The smallest absolute Gasteiger partial charge is 0.0369 e. The molecule has 0 aromatic carbocycles. The average Bonchev–Trinajstić information content (AvgIpc) is 2.57. The number of hydrogen-bond donors (Lipinski definition) is 0. The fourth-order valence-electron chi connectivity index (χ4n) is 2.19. The Morgan fingerprint density at radius 1 is 1.54 bits per heavy atom. The normalized spacial score (nSPS) is 27.3. The van der Waals surface area contributed by atoms with Gasteiger partial charge >= 0.3 is 0 Å². The number of hydrogen-bond acceptors (Lipinski definition) is 1. The van der Waals surface area contributed by atoms with Crippen LogP contribution in [0.25, 0.3) is 0 Å². The predicted octanol–water partition coefficient (Wildman–Crippen LogP) is 3.48. The van der Waals surface area contributed by atoms with Crippen molar-refractivity contribution in [2.75, 3.05) is 0 Å². The molecule has 1 aliphatic heterocycles. The van der Waals surface area contributed by atoms with E-state index in [1.54, 1.807) is 5.57 Å². The van der Waals surface area contributed by atoms with Crippen LogP contribution in [0.5, 0.6) is 0 Å². The molecule has 70 valence electrons. The third kappa shape index (κ3) is 2.30. The Kier molecular flexibility index (Phi) is 2.62. The lowest BCUT2D eigenvalue weighted by Gasteiger charge is -2.18. The number of rotatable bonds is 2. The highest BCUT2D eigenvalue weighted by Gasteiger charge is 2.13. The summed E-state index contributed by atoms with van der Waals surface area (Å²) in [6.07, 6.45) is 12.9. The van der Waals surface area contributed by atoms with E-state index in [9.17, 15) is 0 Å². The summed E-state index contributed by atoms with van der Waals surface area (Å²) in [7, 11) is 0. The summed E-state index contributed by atoms with van der Waals surface area (Å²) in [4.78, 5) is 4.36. The van der Waals surface area contributed by atoms with Gasteiger partial charge in [0.1, 0.15) is 0 Å². The molecule has 0 amide bonds. The maximum absolute atomic E-state index is 4.36. The van der Waals surface area contributed by atoms with Crippen molar-refractivity contribution in [1.82, 2.24) is 0 Å². The van der Waals surface area contributed by atoms with Crippen LogP contribution in [0, 0.1) is 5.92 Å². The first-order valence-electron chi connectivity index (χ1n) is 5.23. The van der Waals surface area contributed by atoms with Gasteiger partial charge in [-0.25, -0.2) is 0 Å². The SMILES string of the molecule is CC1=CC(CC2=CCC=N2)CCC1. The summed E-state index contributed by atoms with van der Waals surface area (Å²) in [5.41, 5.74) is 2.87. The molecule has 2 aliphatic rings. The van der Waals surface area contributed by atoms with E-state index in [1.807, 2.05) is 6.21 Å². The van der Waals surface area contributed by atoms with Gasteiger partial charge in [-0.1, -0.05) is 17.7 Å². The van der Waals surface area contributed by atoms with Crippen LogP contribution < -0.4 is 0 Å². The van der Waals surface area contributed by atoms with Crippen molar-refractivity contribution in [3.8, 4) is 0 Å². The highest BCUT2D eigenvalue weighted by atomic mass is 14.7. The zero-order valence-corrected chi connectivity index (χ0v) is 8.29. The van der Waals surface area contributed by atoms with Gasteiger partial charge in [0.25, 0.3) is 0 Å². The first-order valence-corrected chi connectivity index (χ1v) is 5.23. The van der Waals surface area contributed by atoms with Crippen molar-refractivity contribution < 1.29 is 0 Å². The molecular formula is C12H17N. The van der Waals surface area contributed by atoms with Gasteiger partial charge in [-0.3, -0.25) is 4.99 Å². The van der Waals surface area contributed by atoms with Gasteiger partial charge in [0, 0.05) is 18.3 Å². The molecule has 1 heterocycles. The molecule has 0 aromatic rings. The van der Waals surface area contributed by atoms with E-state index < -0.39 is 0 Å². The van der Waals surface area contributed by atoms with Crippen molar-refractivity contribution in [3.05, 3.63) is 23.4 Å². The van der Waals surface area contributed by atoms with Crippen LogP contribution in [0.15, 0.2) is 28.4 Å². The Balaban J connectivity index is 1.94. The van der Waals surface area contributed by atoms with Crippen molar-refractivity contribution in [3.63, 3.8) is 0 Å². The topological polar surface area (TPSA) is 12.4 Å². The van der Waals surface area contributed by atoms with Crippen LogP contribution in [0.3, 0.4) is 0 Å². The molecule has 1 aliphatic carbocycles. The third-order valence-electron chi connectivity index (χ3n) is 2.85. The summed E-state index contributed by atoms with van der Waals surface area (Å²) >= 11 is 0. The van der Waals surface area contributed by atoms with Crippen LogP contribution in [-0.2, 0) is 0 Å². The molecule has 13 heavy (non-hydrogen) atoms. The monoisotopic (exact) mass is 175 g/mol. The largest absolute Gasteiger partial charge is 0.266 e. The van der Waals surface area contributed by atoms with E-state index >= 15 is 0 Å². The molecule has 1 nitrogen and oxygen atoms in total. The van der Waals surface area contributed by atoms with E-state index in [0.717, 1.165) is 18.8 Å². The first-order chi connectivity index (χ1) is 6.34. The zero-order valence-electron chi connectivity index (χ0n) is 8.29. The van der Waals surface area contributed by atoms with Crippen LogP contribution in [0.4, 0.5) is 0 Å². The fourth-order valence-corrected chi connectivity index (χ4v) is 2.19. The lowest BCUT2D eigenvalue weighted by atomic mass is 9.88. The van der Waals surface area contributed by atoms with Crippen LogP contribution in [-0.4, -0.2) is 6.21 Å². The minimum Gasteiger partial charge on any atom is -0.266 e. The number of nitrogens with zero attached hydrogens (tertiary/aromatic N) is 1. The highest BCUT2D eigenvalue weighted by Crippen LogP contribution is 2.28. The summed E-state index contributed by atoms with van der Waals surface area (Å²) in [5.74, 6) is 0.759. The lowest BCUT2D eigenvalue weighted by molar-refractivity contribution is 0.523. The molecule has 0 bridgehead atoms. The van der Waals surface area contributed by atoms with Crippen LogP contribution >= 0.6 is 0 Å². The van der Waals surface area contributed by atoms with Crippen molar-refractivity contribution in [2.45, 2.75) is 39.0 Å². The molecule has 0 saturated heterocycles. The summed E-state index contributed by atoms with van der Waals surface area (Å²) in [6, 6.07) is 0. The maximum Gasteiger partial charge on any atom is 0.0369 e. The standard InChI is InChI=1S/C12H17N/c1-10-4-2-5-11(8-10)9-12-6-3-7-13-12/h6-8,11H,2-5,9H2,1H3. The molecule has 0 radical (unpaired) electrons. The average molecular weight is 175 g/mol. The molecule has 1 heteroatoms. The van der Waals surface area contributed by atoms with Gasteiger partial charge in [-0.05, 0) is 38.5 Å². The Morgan fingerprint density at radius 2 is 2.46 bits per heavy atom. The highest BCUT2D eigenvalue weighted by molar-refractivity contribution is 5.64. The van der Waals surface area contributed by atoms with Gasteiger partial charge in [-0.2, -0.15) is 0 Å². The maximum atomic E-state index is 4.36. The number of aliphatic imine (C=N–C) groups is 1. The molecule has 2 rings (SSSR count). The minimum atomic E-state index is 0.759. The lowest BCUT2D eigenvalue weighted by Crippen LogP contribution is -2.03. The van der Waals surface area contributed by atoms with Gasteiger partial charge < -0.3 is 0 Å². The second kappa shape index (κ2) is 3.91. The van der Waals surface area contributed by atoms with E-state index in [4.69, 9.17) is 0 Å². The second-order valence-corrected chi connectivity index (χ2v) is 4.11. The molecular weight excluding hydrogens is 158 g/mol. The van der Waals surface area contributed by atoms with Gasteiger partial charge in [0.05, 0.1) is 0 Å². The first kappa shape index (κ1) is 8.74. The van der Waals surface area contributed by atoms with Crippen LogP contribution in [0.1, 0.15) is 39.0 Å². The zero-order chi connectivity index (χ0) is 9.10. The van der Waals surface area contributed by atoms with Crippen molar-refractivity contribution in [1.29, 1.82) is 0 Å².